The maximum Gasteiger partial charge on any atom is 0.201 e. The van der Waals surface area contributed by atoms with Crippen LogP contribution in [-0.2, 0) is 6.54 Å². The van der Waals surface area contributed by atoms with Gasteiger partial charge in [0.05, 0.1) is 17.2 Å². The van der Waals surface area contributed by atoms with Gasteiger partial charge in [-0.2, -0.15) is 0 Å². The molecule has 2 heterocycles. The molecule has 4 heteroatoms. The Kier molecular flexibility index (Phi) is 3.02. The van der Waals surface area contributed by atoms with Crippen LogP contribution in [0.3, 0.4) is 0 Å². The number of pyridine rings is 1. The van der Waals surface area contributed by atoms with E-state index in [-0.39, 0.29) is 0 Å². The highest BCUT2D eigenvalue weighted by Gasteiger charge is 2.17. The molecule has 0 unspecified atom stereocenters. The summed E-state index contributed by atoms with van der Waals surface area (Å²) in [5.41, 5.74) is 9.20. The fourth-order valence-electron chi connectivity index (χ4n) is 3.62. The lowest BCUT2D eigenvalue weighted by Crippen LogP contribution is -2.07. The Morgan fingerprint density at radius 3 is 2.81 bits per heavy atom. The van der Waals surface area contributed by atoms with Crippen LogP contribution in [0, 0.1) is 5.92 Å². The first kappa shape index (κ1) is 12.6. The Morgan fingerprint density at radius 2 is 1.95 bits per heavy atom. The Bertz CT molecular complexity index is 784. The van der Waals surface area contributed by atoms with Crippen LogP contribution in [0.2, 0.25) is 0 Å². The summed E-state index contributed by atoms with van der Waals surface area (Å²) >= 11 is 0. The highest BCUT2D eigenvalue weighted by atomic mass is 15.2. The fraction of sp³-hybridized carbons (Fsp3) is 0.412. The molecule has 0 atom stereocenters. The van der Waals surface area contributed by atoms with Crippen molar-refractivity contribution in [2.24, 2.45) is 5.92 Å². The van der Waals surface area contributed by atoms with Crippen LogP contribution in [0.1, 0.15) is 32.1 Å². The van der Waals surface area contributed by atoms with Crippen molar-refractivity contribution in [1.29, 1.82) is 0 Å². The number of fused-ring (bicyclic) bond motifs is 3. The topological polar surface area (TPSA) is 56.7 Å². The van der Waals surface area contributed by atoms with Crippen molar-refractivity contribution in [2.75, 3.05) is 5.73 Å². The number of para-hydroxylation sites is 1. The van der Waals surface area contributed by atoms with Crippen molar-refractivity contribution in [2.45, 2.75) is 38.6 Å². The quantitative estimate of drug-likeness (QED) is 0.795. The van der Waals surface area contributed by atoms with E-state index >= 15 is 0 Å². The molecular formula is C17H20N4. The molecule has 0 bridgehead atoms. The van der Waals surface area contributed by atoms with Gasteiger partial charge in [-0.05, 0) is 18.4 Å². The number of benzene rings is 1. The molecule has 1 fully saturated rings. The summed E-state index contributed by atoms with van der Waals surface area (Å²) in [7, 11) is 0. The van der Waals surface area contributed by atoms with Crippen LogP contribution < -0.4 is 5.73 Å². The van der Waals surface area contributed by atoms with Crippen LogP contribution in [0.15, 0.2) is 30.5 Å². The number of nitrogens with two attached hydrogens (primary N) is 1. The van der Waals surface area contributed by atoms with E-state index in [1.807, 2.05) is 24.4 Å². The van der Waals surface area contributed by atoms with Crippen molar-refractivity contribution < 1.29 is 0 Å². The van der Waals surface area contributed by atoms with E-state index in [0.717, 1.165) is 34.4 Å². The number of anilines is 1. The first-order valence-electron chi connectivity index (χ1n) is 7.82. The smallest absolute Gasteiger partial charge is 0.201 e. The van der Waals surface area contributed by atoms with Gasteiger partial charge in [0, 0.05) is 11.9 Å². The fourth-order valence-corrected chi connectivity index (χ4v) is 3.62. The lowest BCUT2D eigenvalue weighted by Gasteiger charge is -2.12. The van der Waals surface area contributed by atoms with Gasteiger partial charge in [0.25, 0.3) is 0 Å². The van der Waals surface area contributed by atoms with E-state index in [0.29, 0.717) is 5.95 Å². The number of aryl methyl sites for hydroxylation is 1. The lowest BCUT2D eigenvalue weighted by molar-refractivity contribution is 0.465. The molecule has 0 amide bonds. The number of nitrogen functional groups attached to an aromatic ring is 1. The van der Waals surface area contributed by atoms with E-state index in [2.05, 4.69) is 20.6 Å². The molecule has 3 aromatic rings. The molecule has 1 aliphatic rings. The third-order valence-corrected chi connectivity index (χ3v) is 4.74. The molecule has 1 saturated carbocycles. The molecule has 4 rings (SSSR count). The summed E-state index contributed by atoms with van der Waals surface area (Å²) in [6.45, 7) is 0.959. The standard InChI is InChI=1S/C17H20N4/c18-17-20-15-11-19-14-8-4-3-7-13(14)16(15)21(17)10-9-12-5-1-2-6-12/h3-4,7-8,11-12H,1-2,5-6,9-10H2,(H2,18,20). The van der Waals surface area contributed by atoms with Gasteiger partial charge in [0.2, 0.25) is 5.95 Å². The molecular weight excluding hydrogens is 260 g/mol. The Labute approximate surface area is 124 Å². The maximum atomic E-state index is 6.15. The second-order valence-corrected chi connectivity index (χ2v) is 6.07. The summed E-state index contributed by atoms with van der Waals surface area (Å²) < 4.78 is 2.18. The van der Waals surface area contributed by atoms with Gasteiger partial charge >= 0.3 is 0 Å². The molecule has 1 aliphatic carbocycles. The Morgan fingerprint density at radius 1 is 1.14 bits per heavy atom. The molecule has 0 radical (unpaired) electrons. The average Bonchev–Trinajstić information content (AvgIpc) is 3.12. The van der Waals surface area contributed by atoms with Gasteiger partial charge in [0.15, 0.2) is 0 Å². The van der Waals surface area contributed by atoms with Crippen molar-refractivity contribution in [3.8, 4) is 0 Å². The first-order chi connectivity index (χ1) is 10.3. The van der Waals surface area contributed by atoms with Crippen molar-refractivity contribution >= 4 is 27.9 Å². The molecule has 21 heavy (non-hydrogen) atoms. The molecule has 108 valence electrons. The highest BCUT2D eigenvalue weighted by Crippen LogP contribution is 2.30. The number of nitrogens with zero attached hydrogens (tertiary/aromatic N) is 3. The van der Waals surface area contributed by atoms with E-state index in [4.69, 9.17) is 5.73 Å². The normalized spacial score (nSPS) is 16.2. The highest BCUT2D eigenvalue weighted by molar-refractivity contribution is 6.02. The number of aromatic nitrogens is 3. The van der Waals surface area contributed by atoms with E-state index in [1.165, 1.54) is 32.1 Å². The third kappa shape index (κ3) is 2.15. The Balaban J connectivity index is 1.79. The summed E-state index contributed by atoms with van der Waals surface area (Å²) in [6.07, 6.45) is 8.55. The lowest BCUT2D eigenvalue weighted by atomic mass is 10.0. The van der Waals surface area contributed by atoms with Crippen molar-refractivity contribution in [3.05, 3.63) is 30.5 Å². The molecule has 0 saturated heterocycles. The average molecular weight is 280 g/mol. The van der Waals surface area contributed by atoms with Gasteiger partial charge < -0.3 is 10.3 Å². The first-order valence-corrected chi connectivity index (χ1v) is 7.82. The van der Waals surface area contributed by atoms with Gasteiger partial charge in [-0.1, -0.05) is 43.9 Å². The van der Waals surface area contributed by atoms with Gasteiger partial charge in [0.1, 0.15) is 5.52 Å². The molecule has 0 spiro atoms. The third-order valence-electron chi connectivity index (χ3n) is 4.74. The minimum Gasteiger partial charge on any atom is -0.369 e. The molecule has 4 nitrogen and oxygen atoms in total. The van der Waals surface area contributed by atoms with E-state index in [1.54, 1.807) is 0 Å². The van der Waals surface area contributed by atoms with Crippen LogP contribution in [0.5, 0.6) is 0 Å². The van der Waals surface area contributed by atoms with Crippen LogP contribution >= 0.6 is 0 Å². The number of hydrogen-bond donors (Lipinski definition) is 1. The minimum absolute atomic E-state index is 0.612. The van der Waals surface area contributed by atoms with E-state index in [9.17, 15) is 0 Å². The maximum absolute atomic E-state index is 6.15. The van der Waals surface area contributed by atoms with Gasteiger partial charge in [-0.25, -0.2) is 4.98 Å². The zero-order chi connectivity index (χ0) is 14.2. The van der Waals surface area contributed by atoms with Gasteiger partial charge in [-0.3, -0.25) is 4.98 Å². The molecule has 2 aromatic heterocycles. The Hall–Kier alpha value is -2.10. The summed E-state index contributed by atoms with van der Waals surface area (Å²) in [5.74, 6) is 1.47. The number of rotatable bonds is 3. The monoisotopic (exact) mass is 280 g/mol. The SMILES string of the molecule is Nc1nc2cnc3ccccc3c2n1CCC1CCCC1. The van der Waals surface area contributed by atoms with Crippen LogP contribution in [-0.4, -0.2) is 14.5 Å². The second kappa shape index (κ2) is 5.02. The summed E-state index contributed by atoms with van der Waals surface area (Å²) in [6, 6.07) is 8.22. The molecule has 1 aromatic carbocycles. The van der Waals surface area contributed by atoms with E-state index < -0.39 is 0 Å². The van der Waals surface area contributed by atoms with Crippen molar-refractivity contribution in [1.82, 2.24) is 14.5 Å². The molecule has 2 N–H and O–H groups in total. The summed E-state index contributed by atoms with van der Waals surface area (Å²) in [4.78, 5) is 8.96. The second-order valence-electron chi connectivity index (χ2n) is 6.07. The van der Waals surface area contributed by atoms with Gasteiger partial charge in [-0.15, -0.1) is 0 Å². The zero-order valence-corrected chi connectivity index (χ0v) is 12.1. The number of imidazole rings is 1. The van der Waals surface area contributed by atoms with Crippen molar-refractivity contribution in [3.63, 3.8) is 0 Å². The minimum atomic E-state index is 0.612. The largest absolute Gasteiger partial charge is 0.369 e. The van der Waals surface area contributed by atoms with Crippen LogP contribution in [0.4, 0.5) is 5.95 Å². The summed E-state index contributed by atoms with van der Waals surface area (Å²) in [5, 5.41) is 1.14. The van der Waals surface area contributed by atoms with Crippen LogP contribution in [0.25, 0.3) is 21.9 Å². The zero-order valence-electron chi connectivity index (χ0n) is 12.1. The molecule has 0 aliphatic heterocycles. The number of hydrogen-bond acceptors (Lipinski definition) is 3. The predicted octanol–water partition coefficient (Wildman–Crippen LogP) is 3.75. The predicted molar refractivity (Wildman–Crippen MR) is 86.0 cm³/mol.